The van der Waals surface area contributed by atoms with Crippen molar-refractivity contribution in [3.05, 3.63) is 101 Å². The number of allylic oxidation sites excluding steroid dienone is 6. The molecular formula is C23H17N. The summed E-state index contributed by atoms with van der Waals surface area (Å²) < 4.78 is 0. The van der Waals surface area contributed by atoms with E-state index < -0.39 is 0 Å². The molecule has 0 spiro atoms. The standard InChI is InChI=1S/C23H17N/c1-2-9-19-15(7-1)18-11-6-14-22(18)24-21-13-4-3-8-17(21)16-10-5-12-20(16)23(19)24/h1-11,13,23H,12,14H2. The third-order valence-corrected chi connectivity index (χ3v) is 5.75. The van der Waals surface area contributed by atoms with Crippen LogP contribution in [0.5, 0.6) is 0 Å². The predicted octanol–water partition coefficient (Wildman–Crippen LogP) is 5.65. The van der Waals surface area contributed by atoms with Gasteiger partial charge in [-0.15, -0.1) is 0 Å². The largest absolute Gasteiger partial charge is 0.332 e. The Hall–Kier alpha value is -2.80. The van der Waals surface area contributed by atoms with Crippen LogP contribution in [0.4, 0.5) is 5.69 Å². The summed E-state index contributed by atoms with van der Waals surface area (Å²) >= 11 is 0. The Bertz CT molecular complexity index is 932. The molecule has 24 heavy (non-hydrogen) atoms. The van der Waals surface area contributed by atoms with E-state index in [9.17, 15) is 0 Å². The molecule has 6 rings (SSSR count). The van der Waals surface area contributed by atoms with Gasteiger partial charge in [-0.1, -0.05) is 66.8 Å². The summed E-state index contributed by atoms with van der Waals surface area (Å²) in [7, 11) is 0. The van der Waals surface area contributed by atoms with Gasteiger partial charge in [-0.3, -0.25) is 0 Å². The maximum atomic E-state index is 2.61. The van der Waals surface area contributed by atoms with E-state index in [1.807, 2.05) is 0 Å². The third-order valence-electron chi connectivity index (χ3n) is 5.75. The van der Waals surface area contributed by atoms with E-state index in [-0.39, 0.29) is 0 Å². The maximum Gasteiger partial charge on any atom is 0.0820 e. The second-order valence-electron chi connectivity index (χ2n) is 6.89. The zero-order valence-corrected chi connectivity index (χ0v) is 13.4. The smallest absolute Gasteiger partial charge is 0.0820 e. The number of hydrogen-bond acceptors (Lipinski definition) is 1. The SMILES string of the molecule is C1=CC2=C(C1)C1c3ccccc3C3=C(CC=C3)N1c1ccccc12. The molecule has 2 aliphatic heterocycles. The van der Waals surface area contributed by atoms with Crippen molar-refractivity contribution in [1.82, 2.24) is 0 Å². The van der Waals surface area contributed by atoms with Crippen LogP contribution >= 0.6 is 0 Å². The molecule has 2 aromatic carbocycles. The van der Waals surface area contributed by atoms with E-state index >= 15 is 0 Å². The van der Waals surface area contributed by atoms with E-state index in [0.717, 1.165) is 12.8 Å². The van der Waals surface area contributed by atoms with Crippen LogP contribution in [-0.4, -0.2) is 0 Å². The number of nitrogens with zero attached hydrogens (tertiary/aromatic N) is 1. The highest BCUT2D eigenvalue weighted by molar-refractivity contribution is 5.96. The molecule has 1 heteroatoms. The number of benzene rings is 2. The molecule has 2 aromatic rings. The molecule has 2 aliphatic carbocycles. The van der Waals surface area contributed by atoms with Crippen molar-refractivity contribution in [2.75, 3.05) is 4.90 Å². The first-order valence-corrected chi connectivity index (χ1v) is 8.71. The van der Waals surface area contributed by atoms with Crippen LogP contribution in [0.2, 0.25) is 0 Å². The van der Waals surface area contributed by atoms with Gasteiger partial charge in [0, 0.05) is 28.9 Å². The minimum absolute atomic E-state index is 0.347. The van der Waals surface area contributed by atoms with Gasteiger partial charge >= 0.3 is 0 Å². The lowest BCUT2D eigenvalue weighted by molar-refractivity contribution is 0.726. The minimum atomic E-state index is 0.347. The van der Waals surface area contributed by atoms with Gasteiger partial charge < -0.3 is 4.90 Å². The van der Waals surface area contributed by atoms with Crippen LogP contribution < -0.4 is 4.90 Å². The van der Waals surface area contributed by atoms with Crippen molar-refractivity contribution < 1.29 is 0 Å². The molecule has 0 amide bonds. The number of para-hydroxylation sites is 1. The highest BCUT2D eigenvalue weighted by atomic mass is 15.2. The Balaban J connectivity index is 1.72. The van der Waals surface area contributed by atoms with Crippen LogP contribution in [0.15, 0.2) is 84.1 Å². The summed E-state index contributed by atoms with van der Waals surface area (Å²) in [6.07, 6.45) is 11.4. The predicted molar refractivity (Wildman–Crippen MR) is 99.5 cm³/mol. The summed E-state index contributed by atoms with van der Waals surface area (Å²) in [5.74, 6) is 0. The Morgan fingerprint density at radius 2 is 1.50 bits per heavy atom. The normalized spacial score (nSPS) is 22.3. The Morgan fingerprint density at radius 3 is 2.46 bits per heavy atom. The fourth-order valence-corrected chi connectivity index (χ4v) is 4.83. The van der Waals surface area contributed by atoms with Gasteiger partial charge in [-0.05, 0) is 34.8 Å². The number of anilines is 1. The molecule has 1 unspecified atom stereocenters. The summed E-state index contributed by atoms with van der Waals surface area (Å²) in [6, 6.07) is 18.2. The van der Waals surface area contributed by atoms with Crippen LogP contribution in [0.1, 0.15) is 35.6 Å². The van der Waals surface area contributed by atoms with Crippen molar-refractivity contribution in [3.63, 3.8) is 0 Å². The topological polar surface area (TPSA) is 3.24 Å². The summed E-state index contributed by atoms with van der Waals surface area (Å²) in [4.78, 5) is 2.61. The van der Waals surface area contributed by atoms with Gasteiger partial charge in [0.25, 0.3) is 0 Å². The Morgan fingerprint density at radius 1 is 0.750 bits per heavy atom. The Labute approximate surface area is 141 Å². The lowest BCUT2D eigenvalue weighted by Crippen LogP contribution is -2.35. The first-order valence-electron chi connectivity index (χ1n) is 8.71. The zero-order chi connectivity index (χ0) is 15.7. The lowest BCUT2D eigenvalue weighted by atomic mass is 9.80. The molecule has 1 nitrogen and oxygen atoms in total. The van der Waals surface area contributed by atoms with Gasteiger partial charge in [0.2, 0.25) is 0 Å². The number of hydrogen-bond donors (Lipinski definition) is 0. The summed E-state index contributed by atoms with van der Waals surface area (Å²) in [5.41, 5.74) is 11.5. The lowest BCUT2D eigenvalue weighted by Gasteiger charge is -2.45. The van der Waals surface area contributed by atoms with Crippen molar-refractivity contribution in [3.8, 4) is 0 Å². The molecule has 0 fully saturated rings. The molecule has 4 aliphatic rings. The van der Waals surface area contributed by atoms with E-state index in [1.54, 1.807) is 5.57 Å². The molecular weight excluding hydrogens is 290 g/mol. The van der Waals surface area contributed by atoms with Gasteiger partial charge in [-0.25, -0.2) is 0 Å². The van der Waals surface area contributed by atoms with Crippen molar-refractivity contribution in [2.45, 2.75) is 18.9 Å². The second-order valence-corrected chi connectivity index (χ2v) is 6.89. The fraction of sp³-hybridized carbons (Fsp3) is 0.130. The highest BCUT2D eigenvalue weighted by Crippen LogP contribution is 2.55. The van der Waals surface area contributed by atoms with Crippen LogP contribution in [0.3, 0.4) is 0 Å². The van der Waals surface area contributed by atoms with Crippen molar-refractivity contribution >= 4 is 16.8 Å². The zero-order valence-electron chi connectivity index (χ0n) is 13.4. The highest BCUT2D eigenvalue weighted by Gasteiger charge is 2.41. The molecule has 0 radical (unpaired) electrons. The van der Waals surface area contributed by atoms with Gasteiger partial charge in [0.15, 0.2) is 0 Å². The average molecular weight is 307 g/mol. The Kier molecular flexibility index (Phi) is 2.30. The van der Waals surface area contributed by atoms with E-state index in [2.05, 4.69) is 77.7 Å². The average Bonchev–Trinajstić information content (AvgIpc) is 3.31. The first-order chi connectivity index (χ1) is 11.9. The van der Waals surface area contributed by atoms with Gasteiger partial charge in [0.05, 0.1) is 6.04 Å². The number of fused-ring (bicyclic) bond motifs is 9. The molecule has 1 atom stereocenters. The van der Waals surface area contributed by atoms with E-state index in [1.165, 1.54) is 39.2 Å². The van der Waals surface area contributed by atoms with Crippen molar-refractivity contribution in [1.29, 1.82) is 0 Å². The third kappa shape index (κ3) is 1.41. The number of rotatable bonds is 0. The fourth-order valence-electron chi connectivity index (χ4n) is 4.83. The summed E-state index contributed by atoms with van der Waals surface area (Å²) in [6.45, 7) is 0. The van der Waals surface area contributed by atoms with E-state index in [0.29, 0.717) is 6.04 Å². The maximum absolute atomic E-state index is 2.61. The van der Waals surface area contributed by atoms with Gasteiger partial charge in [0.1, 0.15) is 0 Å². The van der Waals surface area contributed by atoms with Gasteiger partial charge in [-0.2, -0.15) is 0 Å². The molecule has 0 saturated heterocycles. The van der Waals surface area contributed by atoms with Crippen LogP contribution in [0, 0.1) is 0 Å². The van der Waals surface area contributed by atoms with Crippen LogP contribution in [0.25, 0.3) is 11.1 Å². The molecule has 0 aromatic heterocycles. The quantitative estimate of drug-likeness (QED) is 0.608. The molecule has 0 saturated carbocycles. The first kappa shape index (κ1) is 12.6. The molecule has 0 bridgehead atoms. The van der Waals surface area contributed by atoms with Crippen LogP contribution in [-0.2, 0) is 0 Å². The molecule has 0 N–H and O–H groups in total. The minimum Gasteiger partial charge on any atom is -0.332 e. The second kappa shape index (κ2) is 4.39. The van der Waals surface area contributed by atoms with Crippen molar-refractivity contribution in [2.24, 2.45) is 0 Å². The molecule has 2 heterocycles. The summed E-state index contributed by atoms with van der Waals surface area (Å²) in [5, 5.41) is 0. The monoisotopic (exact) mass is 307 g/mol. The van der Waals surface area contributed by atoms with E-state index in [4.69, 9.17) is 0 Å². The molecule has 114 valence electrons.